The van der Waals surface area contributed by atoms with Crippen LogP contribution in [0.2, 0.25) is 0 Å². The van der Waals surface area contributed by atoms with Gasteiger partial charge in [-0.3, -0.25) is 0 Å². The monoisotopic (exact) mass is 337 g/mol. The summed E-state index contributed by atoms with van der Waals surface area (Å²) < 4.78 is 14.8. The molecular formula is C15H17BrFN3. The van der Waals surface area contributed by atoms with Crippen molar-refractivity contribution in [2.75, 3.05) is 6.54 Å². The van der Waals surface area contributed by atoms with E-state index in [1.54, 1.807) is 18.2 Å². The standard InChI is InChI=1S/C15H17BrFN3/c1-9-6-13(11-7-10(16)4-5-12(11)17)20-14(19-9)15(2,3)8-18/h4-7H,8,18H2,1-3H3. The Hall–Kier alpha value is -1.33. The van der Waals surface area contributed by atoms with Gasteiger partial charge in [0.2, 0.25) is 0 Å². The van der Waals surface area contributed by atoms with Crippen molar-refractivity contribution < 1.29 is 4.39 Å². The summed E-state index contributed by atoms with van der Waals surface area (Å²) in [6.45, 7) is 6.25. The third-order valence-corrected chi connectivity index (χ3v) is 3.67. The van der Waals surface area contributed by atoms with E-state index < -0.39 is 0 Å². The Morgan fingerprint density at radius 1 is 1.25 bits per heavy atom. The van der Waals surface area contributed by atoms with Gasteiger partial charge < -0.3 is 5.73 Å². The Labute approximate surface area is 126 Å². The summed E-state index contributed by atoms with van der Waals surface area (Å²) in [7, 11) is 0. The molecule has 2 rings (SSSR count). The lowest BCUT2D eigenvalue weighted by Crippen LogP contribution is -2.30. The van der Waals surface area contributed by atoms with E-state index in [2.05, 4.69) is 25.9 Å². The Kier molecular flexibility index (Phi) is 4.20. The summed E-state index contributed by atoms with van der Waals surface area (Å²) in [5, 5.41) is 0. The van der Waals surface area contributed by atoms with Gasteiger partial charge in [-0.15, -0.1) is 0 Å². The molecule has 1 heterocycles. The van der Waals surface area contributed by atoms with Crippen LogP contribution in [0.5, 0.6) is 0 Å². The van der Waals surface area contributed by atoms with E-state index in [0.29, 0.717) is 23.6 Å². The van der Waals surface area contributed by atoms with Gasteiger partial charge in [0.05, 0.1) is 5.69 Å². The SMILES string of the molecule is Cc1cc(-c2cc(Br)ccc2F)nc(C(C)(C)CN)n1. The minimum Gasteiger partial charge on any atom is -0.329 e. The van der Waals surface area contributed by atoms with E-state index in [0.717, 1.165) is 10.2 Å². The van der Waals surface area contributed by atoms with Crippen molar-refractivity contribution in [2.24, 2.45) is 5.73 Å². The van der Waals surface area contributed by atoms with Gasteiger partial charge in [0.15, 0.2) is 0 Å². The first-order chi connectivity index (χ1) is 9.33. The van der Waals surface area contributed by atoms with Crippen LogP contribution < -0.4 is 5.73 Å². The maximum absolute atomic E-state index is 14.0. The third kappa shape index (κ3) is 3.04. The van der Waals surface area contributed by atoms with Crippen molar-refractivity contribution in [1.29, 1.82) is 0 Å². The molecule has 0 atom stereocenters. The Morgan fingerprint density at radius 3 is 2.60 bits per heavy atom. The first kappa shape index (κ1) is 15.1. The highest BCUT2D eigenvalue weighted by Crippen LogP contribution is 2.27. The zero-order valence-corrected chi connectivity index (χ0v) is 13.3. The molecule has 0 radical (unpaired) electrons. The van der Waals surface area contributed by atoms with E-state index >= 15 is 0 Å². The van der Waals surface area contributed by atoms with Gasteiger partial charge in [-0.2, -0.15) is 0 Å². The number of halogens is 2. The Morgan fingerprint density at radius 2 is 1.95 bits per heavy atom. The van der Waals surface area contributed by atoms with Crippen LogP contribution in [0.1, 0.15) is 25.4 Å². The van der Waals surface area contributed by atoms with Gasteiger partial charge in [-0.25, -0.2) is 14.4 Å². The van der Waals surface area contributed by atoms with Crippen LogP contribution in [0.15, 0.2) is 28.7 Å². The predicted octanol–water partition coefficient (Wildman–Crippen LogP) is 3.59. The number of nitrogens with zero attached hydrogens (tertiary/aromatic N) is 2. The average Bonchev–Trinajstić information content (AvgIpc) is 2.40. The van der Waals surface area contributed by atoms with Gasteiger partial charge in [0, 0.05) is 27.7 Å². The molecule has 0 fully saturated rings. The van der Waals surface area contributed by atoms with E-state index in [1.807, 2.05) is 20.8 Å². The Balaban J connectivity index is 2.61. The molecule has 0 bridgehead atoms. The molecule has 2 N–H and O–H groups in total. The number of aromatic nitrogens is 2. The molecular weight excluding hydrogens is 321 g/mol. The van der Waals surface area contributed by atoms with Gasteiger partial charge >= 0.3 is 0 Å². The van der Waals surface area contributed by atoms with Crippen LogP contribution in [0.3, 0.4) is 0 Å². The highest BCUT2D eigenvalue weighted by molar-refractivity contribution is 9.10. The topological polar surface area (TPSA) is 51.8 Å². The minimum absolute atomic E-state index is 0.303. The molecule has 1 aromatic carbocycles. The summed E-state index contributed by atoms with van der Waals surface area (Å²) in [6, 6.07) is 6.58. The highest BCUT2D eigenvalue weighted by atomic mass is 79.9. The molecule has 3 nitrogen and oxygen atoms in total. The van der Waals surface area contributed by atoms with Crippen molar-refractivity contribution in [2.45, 2.75) is 26.2 Å². The molecule has 0 amide bonds. The van der Waals surface area contributed by atoms with Crippen molar-refractivity contribution >= 4 is 15.9 Å². The molecule has 0 unspecified atom stereocenters. The number of benzene rings is 1. The molecule has 0 aliphatic carbocycles. The molecule has 0 aliphatic rings. The molecule has 0 saturated carbocycles. The van der Waals surface area contributed by atoms with Crippen LogP contribution >= 0.6 is 15.9 Å². The second kappa shape index (κ2) is 5.58. The Bertz CT molecular complexity index is 641. The molecule has 0 saturated heterocycles. The molecule has 2 aromatic rings. The van der Waals surface area contributed by atoms with Gasteiger partial charge in [-0.1, -0.05) is 29.8 Å². The molecule has 5 heteroatoms. The number of hydrogen-bond acceptors (Lipinski definition) is 3. The third-order valence-electron chi connectivity index (χ3n) is 3.17. The fourth-order valence-electron chi connectivity index (χ4n) is 1.79. The molecule has 106 valence electrons. The second-order valence-electron chi connectivity index (χ2n) is 5.43. The second-order valence-corrected chi connectivity index (χ2v) is 6.35. The van der Waals surface area contributed by atoms with Crippen LogP contribution in [0.4, 0.5) is 4.39 Å². The fourth-order valence-corrected chi connectivity index (χ4v) is 2.16. The van der Waals surface area contributed by atoms with Crippen molar-refractivity contribution in [3.63, 3.8) is 0 Å². The van der Waals surface area contributed by atoms with Gasteiger partial charge in [0.1, 0.15) is 11.6 Å². The van der Waals surface area contributed by atoms with E-state index in [-0.39, 0.29) is 11.2 Å². The summed E-state index contributed by atoms with van der Waals surface area (Å²) in [6.07, 6.45) is 0. The number of nitrogens with two attached hydrogens (primary N) is 1. The fraction of sp³-hybridized carbons (Fsp3) is 0.333. The summed E-state index contributed by atoms with van der Waals surface area (Å²) >= 11 is 3.35. The molecule has 1 aromatic heterocycles. The van der Waals surface area contributed by atoms with Gasteiger partial charge in [-0.05, 0) is 31.2 Å². The average molecular weight is 338 g/mol. The lowest BCUT2D eigenvalue weighted by Gasteiger charge is -2.21. The highest BCUT2D eigenvalue weighted by Gasteiger charge is 2.23. The summed E-state index contributed by atoms with van der Waals surface area (Å²) in [4.78, 5) is 8.93. The van der Waals surface area contributed by atoms with Crippen molar-refractivity contribution in [1.82, 2.24) is 9.97 Å². The van der Waals surface area contributed by atoms with Crippen LogP contribution in [0.25, 0.3) is 11.3 Å². The zero-order chi connectivity index (χ0) is 14.9. The van der Waals surface area contributed by atoms with Crippen LogP contribution in [0, 0.1) is 12.7 Å². The van der Waals surface area contributed by atoms with Crippen molar-refractivity contribution in [3.05, 3.63) is 46.1 Å². The first-order valence-corrected chi connectivity index (χ1v) is 7.14. The molecule has 0 aliphatic heterocycles. The number of rotatable bonds is 3. The molecule has 0 spiro atoms. The lowest BCUT2D eigenvalue weighted by molar-refractivity contribution is 0.501. The normalized spacial score (nSPS) is 11.7. The number of hydrogen-bond donors (Lipinski definition) is 1. The maximum Gasteiger partial charge on any atom is 0.136 e. The summed E-state index contributed by atoms with van der Waals surface area (Å²) in [5.41, 5.74) is 7.26. The maximum atomic E-state index is 14.0. The quantitative estimate of drug-likeness (QED) is 0.931. The van der Waals surface area contributed by atoms with E-state index in [9.17, 15) is 4.39 Å². The van der Waals surface area contributed by atoms with E-state index in [1.165, 1.54) is 6.07 Å². The van der Waals surface area contributed by atoms with Gasteiger partial charge in [0.25, 0.3) is 0 Å². The minimum atomic E-state index is -0.344. The first-order valence-electron chi connectivity index (χ1n) is 6.35. The number of aryl methyl sites for hydroxylation is 1. The molecule has 20 heavy (non-hydrogen) atoms. The lowest BCUT2D eigenvalue weighted by atomic mass is 9.92. The predicted molar refractivity (Wildman–Crippen MR) is 81.9 cm³/mol. The summed E-state index contributed by atoms with van der Waals surface area (Å²) in [5.74, 6) is 0.331. The van der Waals surface area contributed by atoms with Crippen molar-refractivity contribution in [3.8, 4) is 11.3 Å². The zero-order valence-electron chi connectivity index (χ0n) is 11.7. The van der Waals surface area contributed by atoms with Crippen LogP contribution in [-0.2, 0) is 5.41 Å². The van der Waals surface area contributed by atoms with E-state index in [4.69, 9.17) is 5.73 Å². The smallest absolute Gasteiger partial charge is 0.136 e. The largest absolute Gasteiger partial charge is 0.329 e. The van der Waals surface area contributed by atoms with Crippen LogP contribution in [-0.4, -0.2) is 16.5 Å².